The monoisotopic (exact) mass is 283 g/mol. The van der Waals surface area contributed by atoms with Crippen LogP contribution in [0.15, 0.2) is 66.2 Å². The molecule has 0 aliphatic carbocycles. The zero-order valence-corrected chi connectivity index (χ0v) is 11.7. The summed E-state index contributed by atoms with van der Waals surface area (Å²) in [7, 11) is 0. The molecule has 4 nitrogen and oxygen atoms in total. The smallest absolute Gasteiger partial charge is 0.331 e. The maximum absolute atomic E-state index is 10.6. The second kappa shape index (κ2) is 7.14. The van der Waals surface area contributed by atoms with Gasteiger partial charge in [0.15, 0.2) is 0 Å². The van der Waals surface area contributed by atoms with Crippen LogP contribution in [0.4, 0.5) is 11.4 Å². The van der Waals surface area contributed by atoms with E-state index in [1.807, 2.05) is 54.6 Å². The molecule has 0 amide bonds. The molecule has 0 aliphatic rings. The Labute approximate surface area is 123 Å². The van der Waals surface area contributed by atoms with Gasteiger partial charge >= 0.3 is 5.97 Å². The van der Waals surface area contributed by atoms with Crippen molar-refractivity contribution in [3.63, 3.8) is 0 Å². The number of hydrogen-bond donors (Lipinski definition) is 2. The van der Waals surface area contributed by atoms with Gasteiger partial charge in [-0.05, 0) is 49.4 Å². The van der Waals surface area contributed by atoms with E-state index in [-0.39, 0.29) is 12.2 Å². The number of rotatable bonds is 6. The van der Waals surface area contributed by atoms with Crippen LogP contribution in [0.25, 0.3) is 0 Å². The predicted molar refractivity (Wildman–Crippen MR) is 83.1 cm³/mol. The largest absolute Gasteiger partial charge is 0.490 e. The zero-order chi connectivity index (χ0) is 15.1. The molecule has 0 bridgehead atoms. The Kier molecular flexibility index (Phi) is 4.99. The molecule has 2 N–H and O–H groups in total. The Hall–Kier alpha value is -2.75. The van der Waals surface area contributed by atoms with Gasteiger partial charge in [-0.2, -0.15) is 0 Å². The van der Waals surface area contributed by atoms with E-state index < -0.39 is 5.97 Å². The highest BCUT2D eigenvalue weighted by molar-refractivity contribution is 5.85. The van der Waals surface area contributed by atoms with E-state index >= 15 is 0 Å². The van der Waals surface area contributed by atoms with E-state index in [1.54, 1.807) is 13.0 Å². The van der Waals surface area contributed by atoms with Gasteiger partial charge in [0.2, 0.25) is 0 Å². The summed E-state index contributed by atoms with van der Waals surface area (Å²) in [5.74, 6) is -0.232. The first-order chi connectivity index (χ1) is 10.1. The molecular weight excluding hydrogens is 266 g/mol. The van der Waals surface area contributed by atoms with Crippen LogP contribution in [-0.2, 0) is 4.79 Å². The highest BCUT2D eigenvalue weighted by Crippen LogP contribution is 2.19. The van der Waals surface area contributed by atoms with Crippen molar-refractivity contribution in [1.29, 1.82) is 0 Å². The van der Waals surface area contributed by atoms with Crippen molar-refractivity contribution in [2.24, 2.45) is 0 Å². The zero-order valence-electron chi connectivity index (χ0n) is 11.7. The minimum absolute atomic E-state index is 0.240. The van der Waals surface area contributed by atoms with Crippen LogP contribution >= 0.6 is 0 Å². The third-order valence-electron chi connectivity index (χ3n) is 2.89. The van der Waals surface area contributed by atoms with Crippen molar-refractivity contribution >= 4 is 17.3 Å². The number of nitrogens with one attached hydrogen (secondary N) is 1. The van der Waals surface area contributed by atoms with Crippen LogP contribution < -0.4 is 10.1 Å². The van der Waals surface area contributed by atoms with Crippen LogP contribution in [0.1, 0.15) is 6.92 Å². The van der Waals surface area contributed by atoms with Crippen molar-refractivity contribution in [1.82, 2.24) is 0 Å². The van der Waals surface area contributed by atoms with Gasteiger partial charge in [0.25, 0.3) is 0 Å². The van der Waals surface area contributed by atoms with Crippen molar-refractivity contribution in [3.05, 3.63) is 66.2 Å². The van der Waals surface area contributed by atoms with E-state index in [0.29, 0.717) is 5.75 Å². The highest BCUT2D eigenvalue weighted by Gasteiger charge is 1.99. The van der Waals surface area contributed by atoms with Gasteiger partial charge in [0, 0.05) is 16.9 Å². The number of ether oxygens (including phenoxy) is 1. The first-order valence-electron chi connectivity index (χ1n) is 6.60. The van der Waals surface area contributed by atoms with Gasteiger partial charge < -0.3 is 15.2 Å². The number of aliphatic carboxylic acids is 1. The Balaban J connectivity index is 1.90. The lowest BCUT2D eigenvalue weighted by Crippen LogP contribution is -2.00. The number of carboxylic acids is 1. The van der Waals surface area contributed by atoms with Crippen LogP contribution in [0.3, 0.4) is 0 Å². The lowest BCUT2D eigenvalue weighted by Gasteiger charge is -2.08. The summed E-state index contributed by atoms with van der Waals surface area (Å²) in [6.45, 7) is 1.78. The molecule has 0 saturated heterocycles. The Morgan fingerprint density at radius 3 is 2.33 bits per heavy atom. The van der Waals surface area contributed by atoms with Gasteiger partial charge in [-0.3, -0.25) is 0 Å². The van der Waals surface area contributed by atoms with Crippen molar-refractivity contribution in [2.45, 2.75) is 6.92 Å². The molecule has 0 unspecified atom stereocenters. The van der Waals surface area contributed by atoms with Crippen molar-refractivity contribution in [3.8, 4) is 5.75 Å². The summed E-state index contributed by atoms with van der Waals surface area (Å²) >= 11 is 0. The number of anilines is 2. The summed E-state index contributed by atoms with van der Waals surface area (Å²) in [4.78, 5) is 10.6. The molecule has 0 aliphatic heterocycles. The molecule has 4 heteroatoms. The molecule has 0 saturated carbocycles. The molecule has 0 spiro atoms. The number of carbonyl (C=O) groups is 1. The van der Waals surface area contributed by atoms with Crippen LogP contribution in [0, 0.1) is 0 Å². The summed E-state index contributed by atoms with van der Waals surface area (Å²) in [6.07, 6.45) is 1.54. The molecule has 2 aromatic carbocycles. The van der Waals surface area contributed by atoms with Crippen LogP contribution in [0.5, 0.6) is 5.75 Å². The average molecular weight is 283 g/mol. The van der Waals surface area contributed by atoms with Gasteiger partial charge in [-0.15, -0.1) is 0 Å². The predicted octanol–water partition coefficient (Wildman–Crippen LogP) is 3.84. The normalized spacial score (nSPS) is 11.0. The lowest BCUT2D eigenvalue weighted by atomic mass is 10.2. The third kappa shape index (κ3) is 4.69. The quantitative estimate of drug-likeness (QED) is 0.791. The summed E-state index contributed by atoms with van der Waals surface area (Å²) < 4.78 is 5.46. The first-order valence-corrected chi connectivity index (χ1v) is 6.60. The van der Waals surface area contributed by atoms with E-state index in [0.717, 1.165) is 11.4 Å². The molecule has 2 rings (SSSR count). The average Bonchev–Trinajstić information content (AvgIpc) is 2.50. The number of hydrogen-bond acceptors (Lipinski definition) is 3. The van der Waals surface area contributed by atoms with E-state index in [2.05, 4.69) is 5.32 Å². The maximum atomic E-state index is 10.6. The molecule has 0 aromatic heterocycles. The van der Waals surface area contributed by atoms with Crippen LogP contribution in [0.2, 0.25) is 0 Å². The van der Waals surface area contributed by atoms with Gasteiger partial charge in [0.05, 0.1) is 0 Å². The first kappa shape index (κ1) is 14.7. The Bertz CT molecular complexity index is 618. The highest BCUT2D eigenvalue weighted by atomic mass is 16.5. The summed E-state index contributed by atoms with van der Waals surface area (Å²) in [5, 5.41) is 12.0. The van der Waals surface area contributed by atoms with Gasteiger partial charge in [-0.1, -0.05) is 18.2 Å². The molecule has 0 atom stereocenters. The Morgan fingerprint density at radius 2 is 1.71 bits per heavy atom. The fourth-order valence-electron chi connectivity index (χ4n) is 1.67. The lowest BCUT2D eigenvalue weighted by molar-refractivity contribution is -0.132. The van der Waals surface area contributed by atoms with E-state index in [4.69, 9.17) is 9.84 Å². The molecular formula is C17H17NO3. The van der Waals surface area contributed by atoms with Crippen LogP contribution in [-0.4, -0.2) is 17.7 Å². The fraction of sp³-hybridized carbons (Fsp3) is 0.118. The molecule has 2 aromatic rings. The minimum Gasteiger partial charge on any atom is -0.490 e. The van der Waals surface area contributed by atoms with E-state index in [1.165, 1.54) is 0 Å². The standard InChI is InChI=1S/C17H17NO3/c1-13(17(19)20)11-12-21-16-9-7-15(8-10-16)18-14-5-3-2-4-6-14/h2-11,18H,12H2,1H3,(H,19,20). The summed E-state index contributed by atoms with van der Waals surface area (Å²) in [5.41, 5.74) is 2.26. The third-order valence-corrected chi connectivity index (χ3v) is 2.89. The molecule has 0 heterocycles. The minimum atomic E-state index is -0.930. The van der Waals surface area contributed by atoms with Crippen molar-refractivity contribution < 1.29 is 14.6 Å². The molecule has 108 valence electrons. The number of para-hydroxylation sites is 1. The van der Waals surface area contributed by atoms with Gasteiger partial charge in [-0.25, -0.2) is 4.79 Å². The molecule has 0 fully saturated rings. The second-order valence-corrected chi connectivity index (χ2v) is 4.52. The van der Waals surface area contributed by atoms with E-state index in [9.17, 15) is 4.79 Å². The SMILES string of the molecule is CC(=CCOc1ccc(Nc2ccccc2)cc1)C(=O)O. The van der Waals surface area contributed by atoms with Gasteiger partial charge in [0.1, 0.15) is 12.4 Å². The fourth-order valence-corrected chi connectivity index (χ4v) is 1.67. The maximum Gasteiger partial charge on any atom is 0.331 e. The number of benzene rings is 2. The summed E-state index contributed by atoms with van der Waals surface area (Å²) in [6, 6.07) is 17.4. The second-order valence-electron chi connectivity index (χ2n) is 4.52. The van der Waals surface area contributed by atoms with Crippen molar-refractivity contribution in [2.75, 3.05) is 11.9 Å². The topological polar surface area (TPSA) is 58.6 Å². The molecule has 0 radical (unpaired) electrons. The Morgan fingerprint density at radius 1 is 1.10 bits per heavy atom. The molecule has 21 heavy (non-hydrogen) atoms. The number of carboxylic acid groups (broad SMARTS) is 1.